The highest BCUT2D eigenvalue weighted by Crippen LogP contribution is 2.24. The Bertz CT molecular complexity index is 374. The van der Waals surface area contributed by atoms with Gasteiger partial charge in [-0.05, 0) is 43.9 Å². The number of hydrazine groups is 1. The fourth-order valence-corrected chi connectivity index (χ4v) is 1.87. The van der Waals surface area contributed by atoms with Crippen molar-refractivity contribution in [1.82, 2.24) is 5.43 Å². The van der Waals surface area contributed by atoms with Gasteiger partial charge in [-0.1, -0.05) is 33.6 Å². The molecule has 3 heteroatoms. The van der Waals surface area contributed by atoms with Crippen LogP contribution in [0.5, 0.6) is 0 Å². The van der Waals surface area contributed by atoms with Crippen molar-refractivity contribution >= 4 is 15.9 Å². The van der Waals surface area contributed by atoms with Gasteiger partial charge in [-0.2, -0.15) is 0 Å². The van der Waals surface area contributed by atoms with E-state index >= 15 is 0 Å². The Kier molecular flexibility index (Phi) is 5.19. The van der Waals surface area contributed by atoms with Gasteiger partial charge in [0.2, 0.25) is 0 Å². The Balaban J connectivity index is 2.78. The first kappa shape index (κ1) is 13.4. The summed E-state index contributed by atoms with van der Waals surface area (Å²) in [5.74, 6) is 5.59. The van der Waals surface area contributed by atoms with E-state index in [1.807, 2.05) is 6.92 Å². The molecule has 0 heterocycles. The van der Waals surface area contributed by atoms with E-state index in [2.05, 4.69) is 53.1 Å². The summed E-state index contributed by atoms with van der Waals surface area (Å²) in [7, 11) is 0. The van der Waals surface area contributed by atoms with Crippen molar-refractivity contribution in [3.63, 3.8) is 0 Å². The van der Waals surface area contributed by atoms with E-state index in [4.69, 9.17) is 5.84 Å². The SMILES string of the molecule is C=C(C)CCC(NN)c1ccc(Br)c(C)c1. The number of nitrogens with two attached hydrogens (primary N) is 1. The normalized spacial score (nSPS) is 12.5. The highest BCUT2D eigenvalue weighted by molar-refractivity contribution is 9.10. The third-order valence-corrected chi connectivity index (χ3v) is 3.54. The van der Waals surface area contributed by atoms with Crippen molar-refractivity contribution in [2.75, 3.05) is 0 Å². The largest absolute Gasteiger partial charge is 0.271 e. The van der Waals surface area contributed by atoms with Crippen molar-refractivity contribution in [3.05, 3.63) is 46.0 Å². The molecule has 1 atom stereocenters. The summed E-state index contributed by atoms with van der Waals surface area (Å²) in [6, 6.07) is 6.52. The van der Waals surface area contributed by atoms with E-state index in [9.17, 15) is 0 Å². The lowest BCUT2D eigenvalue weighted by molar-refractivity contribution is 0.515. The molecular weight excluding hydrogens is 264 g/mol. The molecule has 0 radical (unpaired) electrons. The minimum absolute atomic E-state index is 0.198. The lowest BCUT2D eigenvalue weighted by Crippen LogP contribution is -2.28. The first-order chi connectivity index (χ1) is 7.54. The zero-order chi connectivity index (χ0) is 12.1. The van der Waals surface area contributed by atoms with E-state index < -0.39 is 0 Å². The van der Waals surface area contributed by atoms with Crippen LogP contribution in [-0.4, -0.2) is 0 Å². The second-order valence-corrected chi connectivity index (χ2v) is 5.08. The highest BCUT2D eigenvalue weighted by atomic mass is 79.9. The summed E-state index contributed by atoms with van der Waals surface area (Å²) in [6.07, 6.45) is 1.97. The van der Waals surface area contributed by atoms with Gasteiger partial charge in [0.25, 0.3) is 0 Å². The maximum atomic E-state index is 5.59. The van der Waals surface area contributed by atoms with Gasteiger partial charge in [0, 0.05) is 10.5 Å². The quantitative estimate of drug-likeness (QED) is 0.492. The predicted octanol–water partition coefficient (Wildman–Crippen LogP) is 3.62. The Hall–Kier alpha value is -0.640. The van der Waals surface area contributed by atoms with Crippen LogP contribution in [0.3, 0.4) is 0 Å². The van der Waals surface area contributed by atoms with Crippen molar-refractivity contribution in [1.29, 1.82) is 0 Å². The molecule has 0 bridgehead atoms. The zero-order valence-corrected chi connectivity index (χ0v) is 11.5. The third-order valence-electron chi connectivity index (χ3n) is 2.65. The van der Waals surface area contributed by atoms with Crippen LogP contribution in [0.4, 0.5) is 0 Å². The Morgan fingerprint density at radius 2 is 2.25 bits per heavy atom. The maximum Gasteiger partial charge on any atom is 0.0463 e. The maximum absolute atomic E-state index is 5.59. The summed E-state index contributed by atoms with van der Waals surface area (Å²) >= 11 is 3.50. The van der Waals surface area contributed by atoms with Gasteiger partial charge in [-0.3, -0.25) is 11.3 Å². The Labute approximate surface area is 106 Å². The van der Waals surface area contributed by atoms with Crippen LogP contribution in [0.15, 0.2) is 34.8 Å². The molecule has 1 aromatic rings. The monoisotopic (exact) mass is 282 g/mol. The number of hydrogen-bond acceptors (Lipinski definition) is 2. The molecule has 0 saturated heterocycles. The molecule has 1 rings (SSSR count). The van der Waals surface area contributed by atoms with Crippen LogP contribution >= 0.6 is 15.9 Å². The second kappa shape index (κ2) is 6.18. The van der Waals surface area contributed by atoms with E-state index in [1.54, 1.807) is 0 Å². The molecule has 0 fully saturated rings. The van der Waals surface area contributed by atoms with Crippen molar-refractivity contribution in [3.8, 4) is 0 Å². The van der Waals surface area contributed by atoms with Crippen LogP contribution in [0.2, 0.25) is 0 Å². The van der Waals surface area contributed by atoms with Crippen LogP contribution in [0.1, 0.15) is 36.9 Å². The van der Waals surface area contributed by atoms with Crippen molar-refractivity contribution in [2.45, 2.75) is 32.7 Å². The van der Waals surface area contributed by atoms with Crippen LogP contribution in [0, 0.1) is 6.92 Å². The number of allylic oxidation sites excluding steroid dienone is 1. The van der Waals surface area contributed by atoms with E-state index in [1.165, 1.54) is 16.7 Å². The number of aryl methyl sites for hydroxylation is 1. The zero-order valence-electron chi connectivity index (χ0n) is 9.89. The number of nitrogens with one attached hydrogen (secondary N) is 1. The molecule has 0 spiro atoms. The lowest BCUT2D eigenvalue weighted by atomic mass is 9.99. The molecule has 0 saturated carbocycles. The molecule has 16 heavy (non-hydrogen) atoms. The van der Waals surface area contributed by atoms with Gasteiger partial charge >= 0.3 is 0 Å². The molecular formula is C13H19BrN2. The molecule has 3 N–H and O–H groups in total. The smallest absolute Gasteiger partial charge is 0.0463 e. The van der Waals surface area contributed by atoms with Gasteiger partial charge in [-0.25, -0.2) is 0 Å². The topological polar surface area (TPSA) is 38.0 Å². The fourth-order valence-electron chi connectivity index (χ4n) is 1.62. The standard InChI is InChI=1S/C13H19BrN2/c1-9(2)4-7-13(16-15)11-5-6-12(14)10(3)8-11/h5-6,8,13,16H,1,4,7,15H2,2-3H3. The number of halogens is 1. The van der Waals surface area contributed by atoms with Gasteiger partial charge in [0.05, 0.1) is 0 Å². The average molecular weight is 283 g/mol. The number of hydrogen-bond donors (Lipinski definition) is 2. The molecule has 2 nitrogen and oxygen atoms in total. The summed E-state index contributed by atoms with van der Waals surface area (Å²) in [6.45, 7) is 8.04. The third kappa shape index (κ3) is 3.74. The van der Waals surface area contributed by atoms with Crippen LogP contribution in [0.25, 0.3) is 0 Å². The molecule has 0 aliphatic heterocycles. The minimum Gasteiger partial charge on any atom is -0.271 e. The molecule has 88 valence electrons. The Morgan fingerprint density at radius 3 is 2.75 bits per heavy atom. The minimum atomic E-state index is 0.198. The summed E-state index contributed by atoms with van der Waals surface area (Å²) in [5, 5.41) is 0. The van der Waals surface area contributed by atoms with E-state index in [0.717, 1.165) is 17.3 Å². The molecule has 0 aliphatic carbocycles. The second-order valence-electron chi connectivity index (χ2n) is 4.22. The molecule has 1 unspecified atom stereocenters. The summed E-state index contributed by atoms with van der Waals surface area (Å²) in [4.78, 5) is 0. The molecule has 0 amide bonds. The van der Waals surface area contributed by atoms with Crippen LogP contribution < -0.4 is 11.3 Å². The van der Waals surface area contributed by atoms with E-state index in [-0.39, 0.29) is 6.04 Å². The lowest BCUT2D eigenvalue weighted by Gasteiger charge is -2.17. The molecule has 0 aromatic heterocycles. The van der Waals surface area contributed by atoms with Gasteiger partial charge in [0.1, 0.15) is 0 Å². The number of benzene rings is 1. The van der Waals surface area contributed by atoms with E-state index in [0.29, 0.717) is 0 Å². The van der Waals surface area contributed by atoms with Crippen molar-refractivity contribution < 1.29 is 0 Å². The van der Waals surface area contributed by atoms with Crippen LogP contribution in [-0.2, 0) is 0 Å². The van der Waals surface area contributed by atoms with Gasteiger partial charge < -0.3 is 0 Å². The first-order valence-electron chi connectivity index (χ1n) is 5.41. The summed E-state index contributed by atoms with van der Waals surface area (Å²) in [5.41, 5.74) is 6.51. The highest BCUT2D eigenvalue weighted by Gasteiger charge is 2.10. The predicted molar refractivity (Wildman–Crippen MR) is 73.0 cm³/mol. The molecule has 1 aromatic carbocycles. The van der Waals surface area contributed by atoms with Gasteiger partial charge in [0.15, 0.2) is 0 Å². The first-order valence-corrected chi connectivity index (χ1v) is 6.20. The average Bonchev–Trinajstić information content (AvgIpc) is 2.23. The summed E-state index contributed by atoms with van der Waals surface area (Å²) < 4.78 is 1.13. The number of rotatable bonds is 5. The molecule has 0 aliphatic rings. The fraction of sp³-hybridized carbons (Fsp3) is 0.385. The van der Waals surface area contributed by atoms with Gasteiger partial charge in [-0.15, -0.1) is 6.58 Å². The Morgan fingerprint density at radius 1 is 1.56 bits per heavy atom. The van der Waals surface area contributed by atoms with Crippen molar-refractivity contribution in [2.24, 2.45) is 5.84 Å².